The number of hydrogen-bond acceptors (Lipinski definition) is 4. The fourth-order valence-corrected chi connectivity index (χ4v) is 2.72. The molecule has 0 bridgehead atoms. The van der Waals surface area contributed by atoms with Crippen LogP contribution >= 0.6 is 0 Å². The Morgan fingerprint density at radius 2 is 2.08 bits per heavy atom. The molecule has 0 saturated heterocycles. The summed E-state index contributed by atoms with van der Waals surface area (Å²) in [7, 11) is 0. The van der Waals surface area contributed by atoms with Gasteiger partial charge in [0.25, 0.3) is 0 Å². The molecule has 24 heavy (non-hydrogen) atoms. The first-order valence-corrected chi connectivity index (χ1v) is 8.32. The van der Waals surface area contributed by atoms with Gasteiger partial charge in [-0.15, -0.1) is 0 Å². The number of ether oxygens (including phenoxy) is 2. The Hall–Kier alpha value is -2.56. The van der Waals surface area contributed by atoms with Crippen LogP contribution in [0, 0.1) is 0 Å². The van der Waals surface area contributed by atoms with Gasteiger partial charge in [0.2, 0.25) is 12.7 Å². The molecule has 0 aliphatic carbocycles. The quantitative estimate of drug-likeness (QED) is 0.784. The maximum atomic E-state index is 12.5. The molecule has 0 unspecified atom stereocenters. The average Bonchev–Trinajstić information content (AvgIpc) is 3.07. The number of hydrogen-bond donors (Lipinski definition) is 0. The monoisotopic (exact) mass is 326 g/mol. The third-order valence-electron chi connectivity index (χ3n) is 3.99. The first-order chi connectivity index (χ1) is 11.8. The molecule has 2 aromatic rings. The van der Waals surface area contributed by atoms with Crippen LogP contribution in [0.2, 0.25) is 0 Å². The lowest BCUT2D eigenvalue weighted by Gasteiger charge is -2.23. The maximum Gasteiger partial charge on any atom is 0.231 e. The zero-order chi connectivity index (χ0) is 16.8. The second-order valence-electron chi connectivity index (χ2n) is 5.82. The van der Waals surface area contributed by atoms with Gasteiger partial charge >= 0.3 is 0 Å². The Morgan fingerprint density at radius 3 is 2.88 bits per heavy atom. The maximum absolute atomic E-state index is 12.5. The van der Waals surface area contributed by atoms with Crippen LogP contribution < -0.4 is 9.47 Å². The summed E-state index contributed by atoms with van der Waals surface area (Å²) in [4.78, 5) is 18.7. The minimum absolute atomic E-state index is 0.172. The van der Waals surface area contributed by atoms with Gasteiger partial charge in [-0.3, -0.25) is 9.78 Å². The Morgan fingerprint density at radius 1 is 1.21 bits per heavy atom. The number of benzene rings is 1. The Balaban J connectivity index is 1.68. The van der Waals surface area contributed by atoms with Crippen molar-refractivity contribution in [3.8, 4) is 11.5 Å². The molecule has 0 N–H and O–H groups in total. The van der Waals surface area contributed by atoms with E-state index in [4.69, 9.17) is 9.47 Å². The zero-order valence-corrected chi connectivity index (χ0v) is 13.9. The number of rotatable bonds is 7. The van der Waals surface area contributed by atoms with Crippen molar-refractivity contribution in [3.05, 3.63) is 53.9 Å². The van der Waals surface area contributed by atoms with E-state index in [-0.39, 0.29) is 12.7 Å². The normalized spacial score (nSPS) is 12.2. The lowest BCUT2D eigenvalue weighted by atomic mass is 10.1. The molecule has 3 rings (SSSR count). The molecule has 1 amide bonds. The Bertz CT molecular complexity index is 688. The molecule has 0 atom stereocenters. The van der Waals surface area contributed by atoms with Crippen molar-refractivity contribution in [2.24, 2.45) is 0 Å². The molecule has 0 saturated carbocycles. The SMILES string of the molecule is CCCC(=O)N(CCc1ccccn1)Cc1ccc2c(c1)OCO2. The van der Waals surface area contributed by atoms with Crippen molar-refractivity contribution in [1.82, 2.24) is 9.88 Å². The van der Waals surface area contributed by atoms with Crippen LogP contribution in [0.4, 0.5) is 0 Å². The number of carbonyl (C=O) groups is 1. The number of pyridine rings is 1. The van der Waals surface area contributed by atoms with Gasteiger partial charge in [0.05, 0.1) is 0 Å². The van der Waals surface area contributed by atoms with E-state index in [0.29, 0.717) is 19.5 Å². The van der Waals surface area contributed by atoms with Crippen molar-refractivity contribution in [2.45, 2.75) is 32.7 Å². The van der Waals surface area contributed by atoms with Crippen LogP contribution in [0.5, 0.6) is 11.5 Å². The average molecular weight is 326 g/mol. The van der Waals surface area contributed by atoms with Crippen LogP contribution in [-0.4, -0.2) is 29.1 Å². The number of aromatic nitrogens is 1. The van der Waals surface area contributed by atoms with Gasteiger partial charge in [0.1, 0.15) is 0 Å². The van der Waals surface area contributed by atoms with Crippen LogP contribution in [-0.2, 0) is 17.8 Å². The van der Waals surface area contributed by atoms with E-state index in [1.54, 1.807) is 6.20 Å². The number of carbonyl (C=O) groups excluding carboxylic acids is 1. The standard InChI is InChI=1S/C19H22N2O3/c1-2-5-19(22)21(11-9-16-6-3-4-10-20-16)13-15-7-8-17-18(12-15)24-14-23-17/h3-4,6-8,10,12H,2,5,9,11,13-14H2,1H3. The molecular formula is C19H22N2O3. The van der Waals surface area contributed by atoms with Gasteiger partial charge in [0.15, 0.2) is 11.5 Å². The molecule has 1 aromatic carbocycles. The van der Waals surface area contributed by atoms with E-state index in [0.717, 1.165) is 35.6 Å². The summed E-state index contributed by atoms with van der Waals surface area (Å²) < 4.78 is 10.8. The predicted molar refractivity (Wildman–Crippen MR) is 90.8 cm³/mol. The number of nitrogens with zero attached hydrogens (tertiary/aromatic N) is 2. The van der Waals surface area contributed by atoms with Gasteiger partial charge in [-0.1, -0.05) is 19.1 Å². The van der Waals surface area contributed by atoms with Crippen molar-refractivity contribution in [2.75, 3.05) is 13.3 Å². The van der Waals surface area contributed by atoms with E-state index in [1.165, 1.54) is 0 Å². The molecule has 5 heteroatoms. The lowest BCUT2D eigenvalue weighted by Crippen LogP contribution is -2.32. The van der Waals surface area contributed by atoms with Gasteiger partial charge in [-0.2, -0.15) is 0 Å². The lowest BCUT2D eigenvalue weighted by molar-refractivity contribution is -0.131. The highest BCUT2D eigenvalue weighted by Crippen LogP contribution is 2.32. The van der Waals surface area contributed by atoms with E-state index >= 15 is 0 Å². The topological polar surface area (TPSA) is 51.7 Å². The van der Waals surface area contributed by atoms with Crippen molar-refractivity contribution >= 4 is 5.91 Å². The highest BCUT2D eigenvalue weighted by atomic mass is 16.7. The fourth-order valence-electron chi connectivity index (χ4n) is 2.72. The first kappa shape index (κ1) is 16.3. The number of fused-ring (bicyclic) bond motifs is 1. The Labute approximate surface area is 142 Å². The zero-order valence-electron chi connectivity index (χ0n) is 13.9. The third kappa shape index (κ3) is 4.04. The summed E-state index contributed by atoms with van der Waals surface area (Å²) in [6.07, 6.45) is 3.94. The molecule has 1 aromatic heterocycles. The van der Waals surface area contributed by atoms with Gasteiger partial charge in [-0.25, -0.2) is 0 Å². The molecule has 0 radical (unpaired) electrons. The third-order valence-corrected chi connectivity index (χ3v) is 3.99. The molecule has 126 valence electrons. The predicted octanol–water partition coefficient (Wildman–Crippen LogP) is 3.18. The second-order valence-corrected chi connectivity index (χ2v) is 5.82. The van der Waals surface area contributed by atoms with E-state index in [9.17, 15) is 4.79 Å². The smallest absolute Gasteiger partial charge is 0.231 e. The van der Waals surface area contributed by atoms with Crippen molar-refractivity contribution < 1.29 is 14.3 Å². The molecule has 0 fully saturated rings. The molecular weight excluding hydrogens is 304 g/mol. The van der Waals surface area contributed by atoms with Crippen molar-refractivity contribution in [3.63, 3.8) is 0 Å². The largest absolute Gasteiger partial charge is 0.454 e. The van der Waals surface area contributed by atoms with Crippen molar-refractivity contribution in [1.29, 1.82) is 0 Å². The van der Waals surface area contributed by atoms with Crippen LogP contribution in [0.1, 0.15) is 31.0 Å². The highest BCUT2D eigenvalue weighted by molar-refractivity contribution is 5.76. The first-order valence-electron chi connectivity index (χ1n) is 8.32. The minimum atomic E-state index is 0.172. The van der Waals surface area contributed by atoms with Crippen LogP contribution in [0.15, 0.2) is 42.6 Å². The van der Waals surface area contributed by atoms with E-state index in [2.05, 4.69) is 4.98 Å². The van der Waals surface area contributed by atoms with Crippen LogP contribution in [0.25, 0.3) is 0 Å². The van der Waals surface area contributed by atoms with E-state index < -0.39 is 0 Å². The van der Waals surface area contributed by atoms with Gasteiger partial charge < -0.3 is 14.4 Å². The number of amides is 1. The molecule has 5 nitrogen and oxygen atoms in total. The van der Waals surface area contributed by atoms with Crippen LogP contribution in [0.3, 0.4) is 0 Å². The summed E-state index contributed by atoms with van der Waals surface area (Å²) in [5.74, 6) is 1.69. The summed E-state index contributed by atoms with van der Waals surface area (Å²) in [6, 6.07) is 11.7. The summed E-state index contributed by atoms with van der Waals surface area (Å²) in [5.41, 5.74) is 2.04. The molecule has 0 spiro atoms. The fraction of sp³-hybridized carbons (Fsp3) is 0.368. The van der Waals surface area contributed by atoms with Gasteiger partial charge in [-0.05, 0) is 36.2 Å². The minimum Gasteiger partial charge on any atom is -0.454 e. The summed E-state index contributed by atoms with van der Waals surface area (Å²) in [6.45, 7) is 3.51. The summed E-state index contributed by atoms with van der Waals surface area (Å²) in [5, 5.41) is 0. The Kier molecular flexibility index (Phi) is 5.31. The molecule has 2 heterocycles. The van der Waals surface area contributed by atoms with E-state index in [1.807, 2.05) is 48.2 Å². The highest BCUT2D eigenvalue weighted by Gasteiger charge is 2.17. The molecule has 1 aliphatic rings. The second kappa shape index (κ2) is 7.81. The van der Waals surface area contributed by atoms with Gasteiger partial charge in [0, 0.05) is 37.8 Å². The summed E-state index contributed by atoms with van der Waals surface area (Å²) >= 11 is 0. The molecule has 1 aliphatic heterocycles.